The molecule has 0 aliphatic carbocycles. The number of H-pyrrole nitrogens is 1. The Morgan fingerprint density at radius 2 is 2.00 bits per heavy atom. The van der Waals surface area contributed by atoms with Crippen LogP contribution in [-0.4, -0.2) is 28.5 Å². The van der Waals surface area contributed by atoms with Crippen molar-refractivity contribution in [2.24, 2.45) is 4.99 Å². The van der Waals surface area contributed by atoms with E-state index in [2.05, 4.69) is 20.3 Å². The molecular formula is C19H14Cl2N4O2. The fraction of sp³-hybridized carbons (Fsp3) is 0.158. The molecule has 8 heteroatoms. The summed E-state index contributed by atoms with van der Waals surface area (Å²) >= 11 is 12.7. The number of fused-ring (bicyclic) bond motifs is 3. The first-order valence-corrected chi connectivity index (χ1v) is 9.02. The topological polar surface area (TPSA) is 87.2 Å². The molecule has 0 fully saturated rings. The van der Waals surface area contributed by atoms with Gasteiger partial charge in [0, 0.05) is 35.6 Å². The van der Waals surface area contributed by atoms with E-state index in [-0.39, 0.29) is 11.3 Å². The lowest BCUT2D eigenvalue weighted by atomic mass is 10.00. The minimum absolute atomic E-state index is 0.123. The number of ketones is 1. The second-order valence-corrected chi connectivity index (χ2v) is 7.02. The molecule has 4 rings (SSSR count). The monoisotopic (exact) mass is 400 g/mol. The molecule has 0 unspecified atom stereocenters. The molecule has 0 spiro atoms. The van der Waals surface area contributed by atoms with Gasteiger partial charge in [-0.25, -0.2) is 4.98 Å². The van der Waals surface area contributed by atoms with E-state index >= 15 is 0 Å². The van der Waals surface area contributed by atoms with Crippen LogP contribution >= 0.6 is 23.2 Å². The van der Waals surface area contributed by atoms with Crippen molar-refractivity contribution >= 4 is 57.6 Å². The van der Waals surface area contributed by atoms with Crippen molar-refractivity contribution in [3.8, 4) is 0 Å². The zero-order valence-electron chi connectivity index (χ0n) is 14.3. The lowest BCUT2D eigenvalue weighted by Gasteiger charge is -2.19. The van der Waals surface area contributed by atoms with Gasteiger partial charge in [-0.1, -0.05) is 23.2 Å². The fourth-order valence-corrected chi connectivity index (χ4v) is 3.71. The van der Waals surface area contributed by atoms with E-state index in [0.717, 1.165) is 11.1 Å². The number of nitrogens with one attached hydrogen (secondary N) is 2. The van der Waals surface area contributed by atoms with Crippen LogP contribution < -0.4 is 10.9 Å². The lowest BCUT2D eigenvalue weighted by molar-refractivity contribution is 0.101. The van der Waals surface area contributed by atoms with Gasteiger partial charge in [0.2, 0.25) is 0 Å². The molecule has 3 heterocycles. The minimum Gasteiger partial charge on any atom is -0.338 e. The number of Topliss-reactive ketones (excluding diaryl/α,β-unsaturated/α-hetero) is 1. The van der Waals surface area contributed by atoms with E-state index in [1.165, 1.54) is 6.92 Å². The number of carbonyl (C=O) groups excluding carboxylic acids is 1. The van der Waals surface area contributed by atoms with Crippen molar-refractivity contribution in [2.45, 2.75) is 13.3 Å². The third-order valence-corrected chi connectivity index (χ3v) is 5.05. The molecule has 0 amide bonds. The van der Waals surface area contributed by atoms with Crippen LogP contribution in [0.5, 0.6) is 0 Å². The summed E-state index contributed by atoms with van der Waals surface area (Å²) in [5.74, 6) is 0.440. The predicted molar refractivity (Wildman–Crippen MR) is 108 cm³/mol. The van der Waals surface area contributed by atoms with E-state index in [9.17, 15) is 9.59 Å². The largest absolute Gasteiger partial charge is 0.338 e. The van der Waals surface area contributed by atoms with Crippen LogP contribution in [0.4, 0.5) is 11.5 Å². The molecule has 0 saturated heterocycles. The van der Waals surface area contributed by atoms with Crippen LogP contribution in [0.3, 0.4) is 0 Å². The molecular weight excluding hydrogens is 387 g/mol. The van der Waals surface area contributed by atoms with Crippen LogP contribution in [-0.2, 0) is 6.42 Å². The number of hydrogen-bond donors (Lipinski definition) is 2. The smallest absolute Gasteiger partial charge is 0.258 e. The van der Waals surface area contributed by atoms with E-state index in [4.69, 9.17) is 23.2 Å². The van der Waals surface area contributed by atoms with Crippen LogP contribution in [0.25, 0.3) is 10.9 Å². The molecule has 3 aromatic rings. The van der Waals surface area contributed by atoms with Gasteiger partial charge in [-0.15, -0.1) is 0 Å². The number of pyridine rings is 2. The van der Waals surface area contributed by atoms with Gasteiger partial charge < -0.3 is 10.3 Å². The Morgan fingerprint density at radius 3 is 2.70 bits per heavy atom. The normalized spacial score (nSPS) is 12.9. The number of halogens is 2. The highest BCUT2D eigenvalue weighted by atomic mass is 35.5. The van der Waals surface area contributed by atoms with Crippen molar-refractivity contribution in [3.63, 3.8) is 0 Å². The van der Waals surface area contributed by atoms with E-state index < -0.39 is 0 Å². The third kappa shape index (κ3) is 3.11. The van der Waals surface area contributed by atoms with Crippen molar-refractivity contribution in [1.29, 1.82) is 0 Å². The summed E-state index contributed by atoms with van der Waals surface area (Å²) in [4.78, 5) is 35.5. The highest BCUT2D eigenvalue weighted by molar-refractivity contribution is 6.39. The Morgan fingerprint density at radius 1 is 1.26 bits per heavy atom. The first-order valence-electron chi connectivity index (χ1n) is 8.27. The van der Waals surface area contributed by atoms with Gasteiger partial charge in [0.15, 0.2) is 5.78 Å². The highest BCUT2D eigenvalue weighted by Crippen LogP contribution is 2.36. The molecule has 0 bridgehead atoms. The molecule has 0 atom stereocenters. The molecule has 1 aliphatic rings. The molecule has 136 valence electrons. The van der Waals surface area contributed by atoms with Crippen LogP contribution in [0.15, 0.2) is 34.2 Å². The SMILES string of the molecule is CC(=O)c1cc(Cl)c(Nc2nc3cc[nH]c(=O)c3c3c2CCN=C3)c(Cl)c1. The van der Waals surface area contributed by atoms with Crippen molar-refractivity contribution in [1.82, 2.24) is 9.97 Å². The van der Waals surface area contributed by atoms with Gasteiger partial charge >= 0.3 is 0 Å². The predicted octanol–water partition coefficient (Wildman–Crippen LogP) is 4.15. The van der Waals surface area contributed by atoms with Crippen LogP contribution in [0.2, 0.25) is 10.0 Å². The average molecular weight is 401 g/mol. The van der Waals surface area contributed by atoms with Crippen molar-refractivity contribution in [2.75, 3.05) is 11.9 Å². The van der Waals surface area contributed by atoms with Gasteiger partial charge in [-0.3, -0.25) is 14.6 Å². The average Bonchev–Trinajstić information content (AvgIpc) is 2.64. The van der Waals surface area contributed by atoms with E-state index in [0.29, 0.717) is 51.0 Å². The summed E-state index contributed by atoms with van der Waals surface area (Å²) in [6, 6.07) is 4.86. The molecule has 0 saturated carbocycles. The van der Waals surface area contributed by atoms with Gasteiger partial charge in [0.25, 0.3) is 5.56 Å². The molecule has 2 N–H and O–H groups in total. The second kappa shape index (κ2) is 6.79. The van der Waals surface area contributed by atoms with Crippen LogP contribution in [0.1, 0.15) is 28.4 Å². The number of hydrogen-bond acceptors (Lipinski definition) is 5. The molecule has 2 aromatic heterocycles. The molecule has 1 aliphatic heterocycles. The van der Waals surface area contributed by atoms with E-state index in [1.54, 1.807) is 30.6 Å². The number of benzene rings is 1. The number of carbonyl (C=O) groups is 1. The molecule has 1 aromatic carbocycles. The third-order valence-electron chi connectivity index (χ3n) is 4.45. The first kappa shape index (κ1) is 17.7. The summed E-state index contributed by atoms with van der Waals surface area (Å²) in [5.41, 5.74) is 2.84. The van der Waals surface area contributed by atoms with Gasteiger partial charge in [-0.2, -0.15) is 0 Å². The van der Waals surface area contributed by atoms with Crippen molar-refractivity contribution in [3.05, 3.63) is 61.5 Å². The van der Waals surface area contributed by atoms with Gasteiger partial charge in [-0.05, 0) is 31.5 Å². The summed E-state index contributed by atoms with van der Waals surface area (Å²) in [6.07, 6.45) is 3.88. The zero-order valence-corrected chi connectivity index (χ0v) is 15.8. The van der Waals surface area contributed by atoms with Crippen molar-refractivity contribution < 1.29 is 4.79 Å². The molecule has 27 heavy (non-hydrogen) atoms. The number of aromatic amines is 1. The number of rotatable bonds is 3. The standard InChI is InChI=1S/C19H14Cl2N4O2/c1-9(26)10-6-13(20)17(14(21)7-10)25-18-11-2-4-22-8-12(11)16-15(24-18)3-5-23-19(16)27/h3,5-8H,2,4H2,1H3,(H,23,27)(H,24,25). The summed E-state index contributed by atoms with van der Waals surface area (Å²) in [7, 11) is 0. The van der Waals surface area contributed by atoms with Gasteiger partial charge in [0.05, 0.1) is 26.6 Å². The second-order valence-electron chi connectivity index (χ2n) is 6.20. The Hall–Kier alpha value is -2.70. The molecule has 6 nitrogen and oxygen atoms in total. The van der Waals surface area contributed by atoms with Gasteiger partial charge in [0.1, 0.15) is 5.82 Å². The summed E-state index contributed by atoms with van der Waals surface area (Å²) in [5, 5.41) is 4.33. The molecule has 0 radical (unpaired) electrons. The summed E-state index contributed by atoms with van der Waals surface area (Å²) in [6.45, 7) is 2.05. The maximum atomic E-state index is 12.3. The number of aromatic nitrogens is 2. The highest BCUT2D eigenvalue weighted by Gasteiger charge is 2.20. The number of aliphatic imine (C=N–C) groups is 1. The number of anilines is 2. The Labute approximate surface area is 164 Å². The first-order chi connectivity index (χ1) is 13.0. The minimum atomic E-state index is -0.210. The Bertz CT molecular complexity index is 1160. The summed E-state index contributed by atoms with van der Waals surface area (Å²) < 4.78 is 0. The zero-order chi connectivity index (χ0) is 19.1. The van der Waals surface area contributed by atoms with Crippen LogP contribution in [0, 0.1) is 0 Å². The quantitative estimate of drug-likeness (QED) is 0.646. The Kier molecular flexibility index (Phi) is 4.45. The Balaban J connectivity index is 1.90. The lowest BCUT2D eigenvalue weighted by Crippen LogP contribution is -2.15. The maximum absolute atomic E-state index is 12.3. The maximum Gasteiger partial charge on any atom is 0.258 e. The van der Waals surface area contributed by atoms with E-state index in [1.807, 2.05) is 0 Å². The fourth-order valence-electron chi connectivity index (χ4n) is 3.13. The number of nitrogens with zero attached hydrogens (tertiary/aromatic N) is 2.